The SMILES string of the molecule is CCOC(=O)c1ccc(NC2=Nc3ccccc3N3C2=Nc2c(c(C)nn2-c2ccccc2)[C@H]3c2ccc(OCC)cc2)cc1. The molecule has 0 saturated carbocycles. The molecule has 4 aromatic carbocycles. The van der Waals surface area contributed by atoms with Gasteiger partial charge in [0.2, 0.25) is 0 Å². The summed E-state index contributed by atoms with van der Waals surface area (Å²) in [6.45, 7) is 6.73. The van der Waals surface area contributed by atoms with Crippen LogP contribution < -0.4 is 15.0 Å². The number of aryl methyl sites for hydroxylation is 1. The van der Waals surface area contributed by atoms with Crippen LogP contribution in [0.2, 0.25) is 0 Å². The fourth-order valence-corrected chi connectivity index (χ4v) is 5.82. The molecule has 0 spiro atoms. The molecule has 0 radical (unpaired) electrons. The molecule has 0 bridgehead atoms. The molecule has 0 fully saturated rings. The van der Waals surface area contributed by atoms with Crippen LogP contribution in [-0.4, -0.2) is 40.6 Å². The molecule has 7 rings (SSSR count). The van der Waals surface area contributed by atoms with E-state index in [9.17, 15) is 4.79 Å². The zero-order chi connectivity index (χ0) is 30.9. The van der Waals surface area contributed by atoms with E-state index < -0.39 is 0 Å². The second kappa shape index (κ2) is 11.8. The fourth-order valence-electron chi connectivity index (χ4n) is 5.82. The van der Waals surface area contributed by atoms with E-state index in [1.54, 1.807) is 19.1 Å². The molecule has 1 N–H and O–H groups in total. The number of carbonyl (C=O) groups excluding carboxylic acids is 1. The van der Waals surface area contributed by atoms with Crippen LogP contribution in [0, 0.1) is 6.92 Å². The Balaban J connectivity index is 1.40. The van der Waals surface area contributed by atoms with Gasteiger partial charge in [-0.2, -0.15) is 5.10 Å². The Morgan fingerprint density at radius 1 is 0.844 bits per heavy atom. The third-order valence-electron chi connectivity index (χ3n) is 7.80. The number of aromatic nitrogens is 2. The number of nitrogens with zero attached hydrogens (tertiary/aromatic N) is 5. The van der Waals surface area contributed by atoms with Crippen LogP contribution in [0.25, 0.3) is 5.69 Å². The molecule has 9 nitrogen and oxygen atoms in total. The second-order valence-corrected chi connectivity index (χ2v) is 10.7. The van der Waals surface area contributed by atoms with Gasteiger partial charge in [0.05, 0.1) is 47.6 Å². The highest BCUT2D eigenvalue weighted by atomic mass is 16.5. The Morgan fingerprint density at radius 2 is 1.58 bits per heavy atom. The Labute approximate surface area is 261 Å². The maximum Gasteiger partial charge on any atom is 0.338 e. The van der Waals surface area contributed by atoms with Gasteiger partial charge in [0.1, 0.15) is 5.75 Å². The summed E-state index contributed by atoms with van der Waals surface area (Å²) in [5.41, 5.74) is 6.89. The second-order valence-electron chi connectivity index (χ2n) is 10.7. The number of fused-ring (bicyclic) bond motifs is 4. The smallest absolute Gasteiger partial charge is 0.338 e. The zero-order valence-corrected chi connectivity index (χ0v) is 25.3. The molecule has 0 aliphatic carbocycles. The Kier molecular flexibility index (Phi) is 7.34. The van der Waals surface area contributed by atoms with Gasteiger partial charge in [0, 0.05) is 11.3 Å². The van der Waals surface area contributed by atoms with E-state index >= 15 is 0 Å². The highest BCUT2D eigenvalue weighted by Gasteiger charge is 2.41. The number of amidine groups is 2. The molecule has 2 aliphatic heterocycles. The molecule has 1 aromatic heterocycles. The van der Waals surface area contributed by atoms with Crippen molar-refractivity contribution in [3.05, 3.63) is 126 Å². The first-order chi connectivity index (χ1) is 22.1. The maximum absolute atomic E-state index is 12.3. The van der Waals surface area contributed by atoms with Crippen molar-refractivity contribution in [2.75, 3.05) is 23.4 Å². The van der Waals surface area contributed by atoms with Crippen LogP contribution in [0.15, 0.2) is 113 Å². The van der Waals surface area contributed by atoms with Crippen LogP contribution >= 0.6 is 0 Å². The lowest BCUT2D eigenvalue weighted by Gasteiger charge is -2.40. The Morgan fingerprint density at radius 3 is 2.31 bits per heavy atom. The van der Waals surface area contributed by atoms with Gasteiger partial charge in [-0.1, -0.05) is 42.5 Å². The molecule has 1 atom stereocenters. The van der Waals surface area contributed by atoms with Gasteiger partial charge in [-0.15, -0.1) is 0 Å². The number of para-hydroxylation sites is 3. The number of carbonyl (C=O) groups is 1. The van der Waals surface area contributed by atoms with Crippen LogP contribution in [0.3, 0.4) is 0 Å². The van der Waals surface area contributed by atoms with E-state index in [0.29, 0.717) is 30.4 Å². The van der Waals surface area contributed by atoms with Crippen LogP contribution in [0.5, 0.6) is 5.75 Å². The molecule has 2 aliphatic rings. The molecule has 5 aromatic rings. The van der Waals surface area contributed by atoms with Crippen molar-refractivity contribution >= 4 is 40.5 Å². The molecule has 9 heteroatoms. The Bertz CT molecular complexity index is 1930. The van der Waals surface area contributed by atoms with Gasteiger partial charge < -0.3 is 19.7 Å². The van der Waals surface area contributed by atoms with Gasteiger partial charge in [-0.3, -0.25) is 0 Å². The minimum absolute atomic E-state index is 0.250. The lowest BCUT2D eigenvalue weighted by Crippen LogP contribution is -2.46. The summed E-state index contributed by atoms with van der Waals surface area (Å²) in [6, 6.07) is 33.3. The van der Waals surface area contributed by atoms with Crippen molar-refractivity contribution in [2.24, 2.45) is 9.98 Å². The number of ether oxygens (including phenoxy) is 2. The molecular formula is C36H32N6O3. The summed E-state index contributed by atoms with van der Waals surface area (Å²) in [4.78, 5) is 24.8. The number of benzene rings is 4. The predicted octanol–water partition coefficient (Wildman–Crippen LogP) is 7.55. The third kappa shape index (κ3) is 5.12. The number of nitrogens with one attached hydrogen (secondary N) is 1. The van der Waals surface area contributed by atoms with Crippen LogP contribution in [0.4, 0.5) is 22.9 Å². The van der Waals surface area contributed by atoms with Gasteiger partial charge in [-0.25, -0.2) is 19.5 Å². The average molecular weight is 597 g/mol. The summed E-state index contributed by atoms with van der Waals surface area (Å²) in [5.74, 6) is 2.45. The summed E-state index contributed by atoms with van der Waals surface area (Å²) >= 11 is 0. The topological polar surface area (TPSA) is 93.3 Å². The lowest BCUT2D eigenvalue weighted by molar-refractivity contribution is 0.0526. The van der Waals surface area contributed by atoms with Crippen molar-refractivity contribution in [2.45, 2.75) is 26.8 Å². The van der Waals surface area contributed by atoms with Gasteiger partial charge in [0.25, 0.3) is 0 Å². The van der Waals surface area contributed by atoms with E-state index in [1.165, 1.54) is 0 Å². The number of hydrogen-bond acceptors (Lipinski definition) is 8. The molecule has 3 heterocycles. The van der Waals surface area contributed by atoms with E-state index in [0.717, 1.165) is 51.1 Å². The standard InChI is InChI=1S/C36H32N6O3/c1-4-44-28-21-17-24(18-22-28)32-31-23(3)40-42(27-11-7-6-8-12-27)34(31)39-35-33(38-29-13-9-10-14-30(29)41(32)35)37-26-19-15-25(16-20-26)36(43)45-5-2/h6-22,32H,4-5H2,1-3H3,(H,37,38)/t32-/m1/s1. The molecule has 45 heavy (non-hydrogen) atoms. The van der Waals surface area contributed by atoms with Gasteiger partial charge in [0.15, 0.2) is 17.5 Å². The van der Waals surface area contributed by atoms with Crippen molar-refractivity contribution in [3.63, 3.8) is 0 Å². The van der Waals surface area contributed by atoms with Crippen molar-refractivity contribution < 1.29 is 14.3 Å². The number of aliphatic imine (C=N–C) groups is 2. The molecule has 0 amide bonds. The van der Waals surface area contributed by atoms with E-state index in [1.807, 2.05) is 91.3 Å². The number of esters is 1. The van der Waals surface area contributed by atoms with E-state index in [4.69, 9.17) is 24.6 Å². The largest absolute Gasteiger partial charge is 0.494 e. The molecule has 0 saturated heterocycles. The summed E-state index contributed by atoms with van der Waals surface area (Å²) in [7, 11) is 0. The minimum atomic E-state index is -0.355. The highest BCUT2D eigenvalue weighted by Crippen LogP contribution is 2.48. The van der Waals surface area contributed by atoms with E-state index in [2.05, 4.69) is 28.4 Å². The average Bonchev–Trinajstić information content (AvgIpc) is 3.41. The Hall–Kier alpha value is -5.70. The van der Waals surface area contributed by atoms with Crippen molar-refractivity contribution in [1.82, 2.24) is 9.78 Å². The van der Waals surface area contributed by atoms with Gasteiger partial charge in [-0.05, 0) is 87.0 Å². The zero-order valence-electron chi connectivity index (χ0n) is 25.3. The highest BCUT2D eigenvalue weighted by molar-refractivity contribution is 6.51. The predicted molar refractivity (Wildman–Crippen MR) is 177 cm³/mol. The van der Waals surface area contributed by atoms with Crippen LogP contribution in [0.1, 0.15) is 47.1 Å². The van der Waals surface area contributed by atoms with Gasteiger partial charge >= 0.3 is 5.97 Å². The monoisotopic (exact) mass is 596 g/mol. The third-order valence-corrected chi connectivity index (χ3v) is 7.80. The van der Waals surface area contributed by atoms with E-state index in [-0.39, 0.29) is 12.0 Å². The summed E-state index contributed by atoms with van der Waals surface area (Å²) < 4.78 is 12.8. The lowest BCUT2D eigenvalue weighted by atomic mass is 9.93. The first-order valence-corrected chi connectivity index (χ1v) is 15.0. The van der Waals surface area contributed by atoms with Crippen molar-refractivity contribution in [3.8, 4) is 11.4 Å². The van der Waals surface area contributed by atoms with Crippen molar-refractivity contribution in [1.29, 1.82) is 0 Å². The molecule has 224 valence electrons. The quantitative estimate of drug-likeness (QED) is 0.195. The van der Waals surface area contributed by atoms with Crippen LogP contribution in [-0.2, 0) is 4.74 Å². The molecular weight excluding hydrogens is 564 g/mol. The first kappa shape index (κ1) is 28.1. The minimum Gasteiger partial charge on any atom is -0.494 e. The molecule has 0 unspecified atom stereocenters. The normalized spacial score (nSPS) is 14.8. The number of anilines is 2. The summed E-state index contributed by atoms with van der Waals surface area (Å²) in [5, 5.41) is 8.49. The number of rotatable bonds is 7. The fraction of sp³-hybridized carbons (Fsp3) is 0.167. The maximum atomic E-state index is 12.3. The first-order valence-electron chi connectivity index (χ1n) is 15.0. The number of hydrogen-bond donors (Lipinski definition) is 1. The summed E-state index contributed by atoms with van der Waals surface area (Å²) in [6.07, 6.45) is 0.